The molecule has 5 heteroatoms. The van der Waals surface area contributed by atoms with E-state index in [4.69, 9.17) is 10.5 Å². The number of methoxy groups -OCH3 is 1. The van der Waals surface area contributed by atoms with Gasteiger partial charge in [-0.05, 0) is 26.7 Å². The first kappa shape index (κ1) is 14.5. The fourth-order valence-electron chi connectivity index (χ4n) is 2.63. The van der Waals surface area contributed by atoms with E-state index in [1.165, 1.54) is 18.5 Å². The molecule has 0 saturated heterocycles. The van der Waals surface area contributed by atoms with Crippen LogP contribution < -0.4 is 5.73 Å². The number of nitrogens with two attached hydrogens (primary N) is 1. The van der Waals surface area contributed by atoms with Gasteiger partial charge in [-0.3, -0.25) is 4.90 Å². The molecule has 0 spiro atoms. The van der Waals surface area contributed by atoms with Crippen LogP contribution in [-0.2, 0) is 4.74 Å². The molecule has 1 fully saturated rings. The van der Waals surface area contributed by atoms with Gasteiger partial charge in [0, 0.05) is 38.5 Å². The van der Waals surface area contributed by atoms with Crippen molar-refractivity contribution < 1.29 is 4.74 Å². The summed E-state index contributed by atoms with van der Waals surface area (Å²) in [4.78, 5) is 6.73. The molecule has 19 heavy (non-hydrogen) atoms. The van der Waals surface area contributed by atoms with Gasteiger partial charge in [0.05, 0.1) is 24.7 Å². The third-order valence-corrected chi connectivity index (χ3v) is 3.82. The molecule has 1 aliphatic rings. The fourth-order valence-corrected chi connectivity index (χ4v) is 2.63. The molecule has 1 atom stereocenters. The van der Waals surface area contributed by atoms with E-state index in [0.29, 0.717) is 18.6 Å². The molecular weight excluding hydrogens is 240 g/mol. The van der Waals surface area contributed by atoms with Crippen molar-refractivity contribution in [3.05, 3.63) is 18.2 Å². The minimum atomic E-state index is 0.221. The summed E-state index contributed by atoms with van der Waals surface area (Å²) in [7, 11) is 1.74. The van der Waals surface area contributed by atoms with E-state index in [1.807, 2.05) is 12.5 Å². The summed E-state index contributed by atoms with van der Waals surface area (Å²) in [5.74, 6) is 0. The Bertz CT molecular complexity index is 387. The van der Waals surface area contributed by atoms with Crippen LogP contribution in [0.2, 0.25) is 0 Å². The Balaban J connectivity index is 2.17. The van der Waals surface area contributed by atoms with E-state index < -0.39 is 0 Å². The Morgan fingerprint density at radius 3 is 2.79 bits per heavy atom. The van der Waals surface area contributed by atoms with Crippen LogP contribution in [0.3, 0.4) is 0 Å². The van der Waals surface area contributed by atoms with Crippen molar-refractivity contribution in [1.82, 2.24) is 14.5 Å². The molecule has 1 heterocycles. The SMILES string of the molecule is COCCN(C(C)C)C(CN)c1cncn1C1CC1. The van der Waals surface area contributed by atoms with Crippen molar-refractivity contribution in [2.45, 2.75) is 44.8 Å². The predicted molar refractivity (Wildman–Crippen MR) is 76.0 cm³/mol. The second kappa shape index (κ2) is 6.50. The van der Waals surface area contributed by atoms with Gasteiger partial charge in [0.2, 0.25) is 0 Å². The van der Waals surface area contributed by atoms with Gasteiger partial charge in [0.1, 0.15) is 0 Å². The van der Waals surface area contributed by atoms with E-state index in [9.17, 15) is 0 Å². The number of ether oxygens (including phenoxy) is 1. The Hall–Kier alpha value is -0.910. The van der Waals surface area contributed by atoms with Crippen molar-refractivity contribution in [3.63, 3.8) is 0 Å². The normalized spacial score (nSPS) is 17.4. The van der Waals surface area contributed by atoms with Crippen LogP contribution >= 0.6 is 0 Å². The minimum absolute atomic E-state index is 0.221. The van der Waals surface area contributed by atoms with Gasteiger partial charge < -0.3 is 15.0 Å². The zero-order valence-corrected chi connectivity index (χ0v) is 12.2. The highest BCUT2D eigenvalue weighted by molar-refractivity contribution is 5.10. The smallest absolute Gasteiger partial charge is 0.0951 e. The minimum Gasteiger partial charge on any atom is -0.383 e. The maximum atomic E-state index is 6.04. The summed E-state index contributed by atoms with van der Waals surface area (Å²) in [6, 6.07) is 1.30. The lowest BCUT2D eigenvalue weighted by atomic mass is 10.1. The number of nitrogens with zero attached hydrogens (tertiary/aromatic N) is 3. The number of imidazole rings is 1. The second-order valence-electron chi connectivity index (χ2n) is 5.53. The van der Waals surface area contributed by atoms with Gasteiger partial charge in [-0.2, -0.15) is 0 Å². The van der Waals surface area contributed by atoms with Gasteiger partial charge >= 0.3 is 0 Å². The zero-order valence-electron chi connectivity index (χ0n) is 12.2. The second-order valence-corrected chi connectivity index (χ2v) is 5.53. The summed E-state index contributed by atoms with van der Waals surface area (Å²) in [6.45, 7) is 6.64. The lowest BCUT2D eigenvalue weighted by Gasteiger charge is -2.34. The van der Waals surface area contributed by atoms with Crippen molar-refractivity contribution in [2.75, 3.05) is 26.8 Å². The van der Waals surface area contributed by atoms with Crippen LogP contribution in [0.5, 0.6) is 0 Å². The standard InChI is InChI=1S/C14H26N4O/c1-11(2)17(6-7-19-3)13(8-15)14-9-16-10-18(14)12-4-5-12/h9-13H,4-8,15H2,1-3H3. The maximum Gasteiger partial charge on any atom is 0.0951 e. The van der Waals surface area contributed by atoms with E-state index in [-0.39, 0.29) is 6.04 Å². The molecule has 1 aromatic rings. The van der Waals surface area contributed by atoms with Crippen molar-refractivity contribution in [1.29, 1.82) is 0 Å². The lowest BCUT2D eigenvalue weighted by molar-refractivity contribution is 0.0949. The Morgan fingerprint density at radius 2 is 2.26 bits per heavy atom. The molecule has 1 saturated carbocycles. The van der Waals surface area contributed by atoms with Crippen molar-refractivity contribution >= 4 is 0 Å². The molecule has 0 amide bonds. The molecule has 0 radical (unpaired) electrons. The third-order valence-electron chi connectivity index (χ3n) is 3.82. The van der Waals surface area contributed by atoms with Crippen molar-refractivity contribution in [3.8, 4) is 0 Å². The first-order chi connectivity index (χ1) is 9.19. The van der Waals surface area contributed by atoms with Crippen molar-refractivity contribution in [2.24, 2.45) is 5.73 Å². The Morgan fingerprint density at radius 1 is 1.53 bits per heavy atom. The summed E-state index contributed by atoms with van der Waals surface area (Å²) < 4.78 is 7.52. The monoisotopic (exact) mass is 266 g/mol. The van der Waals surface area contributed by atoms with Gasteiger partial charge in [0.15, 0.2) is 0 Å². The van der Waals surface area contributed by atoms with E-state index in [2.05, 4.69) is 28.3 Å². The molecule has 2 N–H and O–H groups in total. The van der Waals surface area contributed by atoms with Gasteiger partial charge in [-0.1, -0.05) is 0 Å². The van der Waals surface area contributed by atoms with Gasteiger partial charge in [-0.25, -0.2) is 4.98 Å². The zero-order chi connectivity index (χ0) is 13.8. The fraction of sp³-hybridized carbons (Fsp3) is 0.786. The average molecular weight is 266 g/mol. The summed E-state index contributed by atoms with van der Waals surface area (Å²) in [6.07, 6.45) is 6.45. The van der Waals surface area contributed by atoms with Crippen LogP contribution in [0.1, 0.15) is 44.5 Å². The Kier molecular flexibility index (Phi) is 4.96. The van der Waals surface area contributed by atoms with E-state index in [1.54, 1.807) is 7.11 Å². The predicted octanol–water partition coefficient (Wildman–Crippen LogP) is 1.57. The quantitative estimate of drug-likeness (QED) is 0.776. The van der Waals surface area contributed by atoms with E-state index >= 15 is 0 Å². The van der Waals surface area contributed by atoms with Crippen LogP contribution in [-0.4, -0.2) is 47.3 Å². The highest BCUT2D eigenvalue weighted by atomic mass is 16.5. The highest BCUT2D eigenvalue weighted by Gasteiger charge is 2.30. The maximum absolute atomic E-state index is 6.04. The molecule has 1 aromatic heterocycles. The van der Waals surface area contributed by atoms with E-state index in [0.717, 1.165) is 13.2 Å². The lowest BCUT2D eigenvalue weighted by Crippen LogP contribution is -2.41. The molecule has 0 bridgehead atoms. The molecular formula is C14H26N4O. The summed E-state index contributed by atoms with van der Waals surface area (Å²) in [5.41, 5.74) is 7.29. The van der Waals surface area contributed by atoms with Crippen LogP contribution in [0.4, 0.5) is 0 Å². The number of rotatable bonds is 8. The Labute approximate surface area is 115 Å². The van der Waals surface area contributed by atoms with Gasteiger partial charge in [-0.15, -0.1) is 0 Å². The number of aromatic nitrogens is 2. The largest absolute Gasteiger partial charge is 0.383 e. The molecule has 2 rings (SSSR count). The van der Waals surface area contributed by atoms with Gasteiger partial charge in [0.25, 0.3) is 0 Å². The molecule has 1 unspecified atom stereocenters. The first-order valence-corrected chi connectivity index (χ1v) is 7.15. The molecule has 108 valence electrons. The van der Waals surface area contributed by atoms with Crippen LogP contribution in [0, 0.1) is 0 Å². The summed E-state index contributed by atoms with van der Waals surface area (Å²) in [5, 5.41) is 0. The number of hydrogen-bond donors (Lipinski definition) is 1. The molecule has 0 aliphatic heterocycles. The average Bonchev–Trinajstić information content (AvgIpc) is 3.13. The molecule has 1 aliphatic carbocycles. The summed E-state index contributed by atoms with van der Waals surface area (Å²) >= 11 is 0. The molecule has 0 aromatic carbocycles. The highest BCUT2D eigenvalue weighted by Crippen LogP contribution is 2.37. The van der Waals surface area contributed by atoms with Crippen LogP contribution in [0.15, 0.2) is 12.5 Å². The third kappa shape index (κ3) is 3.35. The topological polar surface area (TPSA) is 56.3 Å². The molecule has 5 nitrogen and oxygen atoms in total. The van der Waals surface area contributed by atoms with Crippen LogP contribution in [0.25, 0.3) is 0 Å². The first-order valence-electron chi connectivity index (χ1n) is 7.15. The number of hydrogen-bond acceptors (Lipinski definition) is 4.